The molecule has 1 aromatic carbocycles. The van der Waals surface area contributed by atoms with Gasteiger partial charge in [-0.3, -0.25) is 4.79 Å². The molecule has 0 bridgehead atoms. The number of aromatic nitrogens is 5. The smallest absolute Gasteiger partial charge is 0.254 e. The van der Waals surface area contributed by atoms with Crippen LogP contribution in [-0.2, 0) is 6.42 Å². The average molecular weight is 549 g/mol. The van der Waals surface area contributed by atoms with Crippen molar-refractivity contribution >= 4 is 34.4 Å². The van der Waals surface area contributed by atoms with Gasteiger partial charge < -0.3 is 24.8 Å². The molecule has 208 valence electrons. The van der Waals surface area contributed by atoms with E-state index < -0.39 is 17.7 Å². The van der Waals surface area contributed by atoms with Crippen LogP contribution in [0.2, 0.25) is 0 Å². The highest BCUT2D eigenvalue weighted by Crippen LogP contribution is 2.33. The molecule has 2 aliphatic rings. The van der Waals surface area contributed by atoms with Crippen LogP contribution in [0, 0.1) is 11.6 Å². The van der Waals surface area contributed by atoms with E-state index in [0.29, 0.717) is 24.6 Å². The van der Waals surface area contributed by atoms with Gasteiger partial charge in [0.15, 0.2) is 5.82 Å². The fraction of sp³-hybridized carbons (Fsp3) is 0.393. The van der Waals surface area contributed by atoms with Crippen molar-refractivity contribution in [2.75, 3.05) is 36.4 Å². The lowest BCUT2D eigenvalue weighted by molar-refractivity contribution is 0.0764. The van der Waals surface area contributed by atoms with Crippen LogP contribution in [0.4, 0.5) is 26.2 Å². The Morgan fingerprint density at radius 2 is 1.82 bits per heavy atom. The van der Waals surface area contributed by atoms with E-state index in [9.17, 15) is 9.90 Å². The number of hydrogen-bond acceptors (Lipinski definition) is 8. The summed E-state index contributed by atoms with van der Waals surface area (Å²) in [5, 5.41) is 12.8. The van der Waals surface area contributed by atoms with E-state index in [2.05, 4.69) is 37.1 Å². The molecule has 0 spiro atoms. The van der Waals surface area contributed by atoms with Crippen molar-refractivity contribution in [3.63, 3.8) is 0 Å². The molecule has 10 nitrogen and oxygen atoms in total. The second-order valence-electron chi connectivity index (χ2n) is 10.3. The quantitative estimate of drug-likeness (QED) is 0.374. The van der Waals surface area contributed by atoms with Gasteiger partial charge in [-0.1, -0.05) is 6.92 Å². The third-order valence-corrected chi connectivity index (χ3v) is 7.72. The number of piperidine rings is 1. The van der Waals surface area contributed by atoms with Gasteiger partial charge in [0.1, 0.15) is 23.6 Å². The minimum atomic E-state index is -0.668. The Morgan fingerprint density at radius 3 is 2.50 bits per heavy atom. The first-order valence-corrected chi connectivity index (χ1v) is 13.5. The standard InChI is InChI=1S/C28H30F2N8O2/c1-2-17-12-31-28(32-13-17)36-8-5-19(6-9-36)38-15-22(30)24-25(33-16-34-26(24)38)35-23-4-3-18(11-21(23)29)27(40)37-10-7-20(39)14-37/h3-4,11-13,15-16,19-20,39H,2,5-10,14H2,1H3,(H,33,34,35). The van der Waals surface area contributed by atoms with Crippen molar-refractivity contribution in [3.8, 4) is 0 Å². The molecule has 2 aliphatic heterocycles. The lowest BCUT2D eigenvalue weighted by Gasteiger charge is -2.32. The van der Waals surface area contributed by atoms with Crippen LogP contribution in [0.15, 0.2) is 43.1 Å². The number of hydrogen-bond donors (Lipinski definition) is 2. The summed E-state index contributed by atoms with van der Waals surface area (Å²) in [6.45, 7) is 4.16. The lowest BCUT2D eigenvalue weighted by Crippen LogP contribution is -2.35. The van der Waals surface area contributed by atoms with Crippen molar-refractivity contribution in [3.05, 3.63) is 65.9 Å². The maximum atomic E-state index is 15.3. The molecular weight excluding hydrogens is 518 g/mol. The van der Waals surface area contributed by atoms with Crippen LogP contribution in [0.1, 0.15) is 48.1 Å². The van der Waals surface area contributed by atoms with Crippen molar-refractivity contribution < 1.29 is 18.7 Å². The Balaban J connectivity index is 1.19. The molecule has 3 aromatic heterocycles. The molecule has 0 saturated carbocycles. The van der Waals surface area contributed by atoms with E-state index in [1.165, 1.54) is 29.6 Å². The van der Waals surface area contributed by atoms with Gasteiger partial charge in [-0.2, -0.15) is 0 Å². The Bertz CT molecular complexity index is 1540. The molecule has 2 saturated heterocycles. The van der Waals surface area contributed by atoms with Crippen molar-refractivity contribution in [2.24, 2.45) is 0 Å². The van der Waals surface area contributed by atoms with Crippen molar-refractivity contribution in [1.82, 2.24) is 29.4 Å². The van der Waals surface area contributed by atoms with Gasteiger partial charge >= 0.3 is 0 Å². The van der Waals surface area contributed by atoms with Crippen LogP contribution < -0.4 is 10.2 Å². The summed E-state index contributed by atoms with van der Waals surface area (Å²) in [4.78, 5) is 33.8. The minimum Gasteiger partial charge on any atom is -0.391 e. The predicted molar refractivity (Wildman–Crippen MR) is 146 cm³/mol. The van der Waals surface area contributed by atoms with Crippen LogP contribution in [-0.4, -0.2) is 72.7 Å². The zero-order valence-electron chi connectivity index (χ0n) is 22.1. The topological polar surface area (TPSA) is 112 Å². The Morgan fingerprint density at radius 1 is 1.05 bits per heavy atom. The Labute approximate surface area is 229 Å². The number of rotatable bonds is 6. The summed E-state index contributed by atoms with van der Waals surface area (Å²) in [5.74, 6) is -0.674. The van der Waals surface area contributed by atoms with Gasteiger partial charge in [0.25, 0.3) is 5.91 Å². The van der Waals surface area contributed by atoms with Gasteiger partial charge in [-0.15, -0.1) is 0 Å². The number of likely N-dealkylation sites (tertiary alicyclic amines) is 1. The van der Waals surface area contributed by atoms with Gasteiger partial charge in [0.05, 0.1) is 17.2 Å². The van der Waals surface area contributed by atoms with E-state index in [1.807, 2.05) is 17.0 Å². The normalized spacial score (nSPS) is 18.1. The molecule has 5 heterocycles. The number of aliphatic hydroxyl groups excluding tert-OH is 1. The van der Waals surface area contributed by atoms with Crippen LogP contribution >= 0.6 is 0 Å². The number of β-amino-alcohol motifs (C(OH)–C–C–N with tert-alkyl or cyclic N) is 1. The predicted octanol–water partition coefficient (Wildman–Crippen LogP) is 3.85. The van der Waals surface area contributed by atoms with Crippen LogP contribution in [0.5, 0.6) is 0 Å². The van der Waals surface area contributed by atoms with E-state index in [1.54, 1.807) is 0 Å². The fourth-order valence-corrected chi connectivity index (χ4v) is 5.44. The van der Waals surface area contributed by atoms with E-state index in [-0.39, 0.29) is 40.9 Å². The van der Waals surface area contributed by atoms with Crippen LogP contribution in [0.3, 0.4) is 0 Å². The number of aliphatic hydroxyl groups is 1. The molecule has 1 unspecified atom stereocenters. The zero-order chi connectivity index (χ0) is 27.8. The zero-order valence-corrected chi connectivity index (χ0v) is 22.1. The third kappa shape index (κ3) is 4.94. The number of nitrogens with one attached hydrogen (secondary N) is 1. The molecule has 2 fully saturated rings. The number of aryl methyl sites for hydroxylation is 1. The molecule has 0 radical (unpaired) electrons. The minimum absolute atomic E-state index is 0.0204. The van der Waals surface area contributed by atoms with E-state index in [0.717, 1.165) is 44.0 Å². The number of anilines is 3. The summed E-state index contributed by atoms with van der Waals surface area (Å²) in [6.07, 6.45) is 8.80. The highest BCUT2D eigenvalue weighted by Gasteiger charge is 2.27. The summed E-state index contributed by atoms with van der Waals surface area (Å²) in [7, 11) is 0. The van der Waals surface area contributed by atoms with Gasteiger partial charge in [0, 0.05) is 56.4 Å². The second kappa shape index (κ2) is 10.8. The lowest BCUT2D eigenvalue weighted by atomic mass is 10.1. The van der Waals surface area contributed by atoms with Crippen molar-refractivity contribution in [1.29, 1.82) is 0 Å². The maximum Gasteiger partial charge on any atom is 0.254 e. The van der Waals surface area contributed by atoms with E-state index >= 15 is 8.78 Å². The summed E-state index contributed by atoms with van der Waals surface area (Å²) in [6, 6.07) is 4.10. The molecule has 6 rings (SSSR count). The number of halogens is 2. The number of benzene rings is 1. The molecule has 1 amide bonds. The van der Waals surface area contributed by atoms with Crippen molar-refractivity contribution in [2.45, 2.75) is 44.8 Å². The number of nitrogens with zero attached hydrogens (tertiary/aromatic N) is 7. The van der Waals surface area contributed by atoms with Gasteiger partial charge in [0.2, 0.25) is 5.95 Å². The first-order valence-electron chi connectivity index (χ1n) is 13.5. The highest BCUT2D eigenvalue weighted by molar-refractivity contribution is 5.95. The molecule has 0 aliphatic carbocycles. The summed E-state index contributed by atoms with van der Waals surface area (Å²) in [5.41, 5.74) is 1.76. The number of amides is 1. The van der Waals surface area contributed by atoms with Gasteiger partial charge in [-0.25, -0.2) is 28.7 Å². The Hall–Kier alpha value is -4.19. The monoisotopic (exact) mass is 548 g/mol. The average Bonchev–Trinajstić information content (AvgIpc) is 3.57. The first kappa shape index (κ1) is 26.1. The fourth-order valence-electron chi connectivity index (χ4n) is 5.44. The maximum absolute atomic E-state index is 15.3. The number of carbonyl (C=O) groups excluding carboxylic acids is 1. The SMILES string of the molecule is CCc1cnc(N2CCC(n3cc(F)c4c(Nc5ccc(C(=O)N6CCC(O)C6)cc5F)ncnc43)CC2)nc1. The number of carbonyl (C=O) groups is 1. The molecule has 2 N–H and O–H groups in total. The molecule has 12 heteroatoms. The molecule has 1 atom stereocenters. The summed E-state index contributed by atoms with van der Waals surface area (Å²) < 4.78 is 32.1. The Kier molecular flexibility index (Phi) is 7.01. The van der Waals surface area contributed by atoms with Gasteiger partial charge in [-0.05, 0) is 49.4 Å². The van der Waals surface area contributed by atoms with E-state index in [4.69, 9.17) is 0 Å². The molecular formula is C28H30F2N8O2. The molecule has 4 aromatic rings. The first-order chi connectivity index (χ1) is 19.4. The third-order valence-electron chi connectivity index (χ3n) is 7.72. The largest absolute Gasteiger partial charge is 0.391 e. The molecule has 40 heavy (non-hydrogen) atoms. The summed E-state index contributed by atoms with van der Waals surface area (Å²) >= 11 is 0. The number of fused-ring (bicyclic) bond motifs is 1. The van der Waals surface area contributed by atoms with Crippen LogP contribution in [0.25, 0.3) is 11.0 Å². The second-order valence-corrected chi connectivity index (χ2v) is 10.3. The highest BCUT2D eigenvalue weighted by atomic mass is 19.1.